The van der Waals surface area contributed by atoms with E-state index in [0.29, 0.717) is 18.8 Å². The number of benzene rings is 1. The number of nitrogen functional groups attached to an aromatic ring is 1. The van der Waals surface area contributed by atoms with Gasteiger partial charge in [-0.1, -0.05) is 0 Å². The van der Waals surface area contributed by atoms with Crippen LogP contribution in [0.2, 0.25) is 0 Å². The van der Waals surface area contributed by atoms with Crippen molar-refractivity contribution in [2.75, 3.05) is 18.9 Å². The highest BCUT2D eigenvalue weighted by Gasteiger charge is 2.08. The lowest BCUT2D eigenvalue weighted by Crippen LogP contribution is -2.28. The Morgan fingerprint density at radius 2 is 2.05 bits per heavy atom. The fourth-order valence-electron chi connectivity index (χ4n) is 1.59. The molecule has 0 radical (unpaired) electrons. The number of hydrogen-bond donors (Lipinski definition) is 2. The Hall–Kier alpha value is -2.01. The summed E-state index contributed by atoms with van der Waals surface area (Å²) in [6, 6.07) is 7.17. The van der Waals surface area contributed by atoms with Gasteiger partial charge in [0.05, 0.1) is 12.1 Å². The highest BCUT2D eigenvalue weighted by molar-refractivity contribution is 7.08. The predicted octanol–water partition coefficient (Wildman–Crippen LogP) is 2.45. The number of ether oxygens (including phenoxy) is 1. The fraction of sp³-hybridized carbons (Fsp3) is 0.214. The Morgan fingerprint density at radius 3 is 2.68 bits per heavy atom. The van der Waals surface area contributed by atoms with Crippen LogP contribution in [-0.4, -0.2) is 19.1 Å². The molecular formula is C14H16N2O2S. The molecule has 5 heteroatoms. The Kier molecular flexibility index (Phi) is 4.41. The molecule has 0 atom stereocenters. The number of carbonyl (C=O) groups excluding carboxylic acids is 1. The van der Waals surface area contributed by atoms with Crippen LogP contribution in [0.25, 0.3) is 0 Å². The van der Waals surface area contributed by atoms with E-state index in [4.69, 9.17) is 10.5 Å². The Balaban J connectivity index is 1.74. The van der Waals surface area contributed by atoms with Gasteiger partial charge in [-0.2, -0.15) is 11.3 Å². The van der Waals surface area contributed by atoms with Gasteiger partial charge in [-0.15, -0.1) is 0 Å². The molecule has 1 aromatic carbocycles. The molecule has 1 heterocycles. The molecule has 0 aliphatic rings. The van der Waals surface area contributed by atoms with E-state index < -0.39 is 0 Å². The molecule has 0 unspecified atom stereocenters. The van der Waals surface area contributed by atoms with Crippen LogP contribution < -0.4 is 15.8 Å². The second kappa shape index (κ2) is 6.24. The van der Waals surface area contributed by atoms with Crippen molar-refractivity contribution in [3.8, 4) is 5.75 Å². The summed E-state index contributed by atoms with van der Waals surface area (Å²) in [5.74, 6) is 0.690. The third kappa shape index (κ3) is 3.72. The van der Waals surface area contributed by atoms with Gasteiger partial charge in [0, 0.05) is 11.1 Å². The number of hydrogen-bond acceptors (Lipinski definition) is 4. The summed E-state index contributed by atoms with van der Waals surface area (Å²) < 4.78 is 5.49. The summed E-state index contributed by atoms with van der Waals surface area (Å²) in [5, 5.41) is 6.64. The van der Waals surface area contributed by atoms with E-state index in [2.05, 4.69) is 5.32 Å². The molecule has 3 N–H and O–H groups in total. The molecule has 19 heavy (non-hydrogen) atoms. The van der Waals surface area contributed by atoms with Crippen molar-refractivity contribution in [1.29, 1.82) is 0 Å². The molecule has 4 nitrogen and oxygen atoms in total. The average Bonchev–Trinajstić information content (AvgIpc) is 2.83. The lowest BCUT2D eigenvalue weighted by Gasteiger charge is -2.07. The number of rotatable bonds is 5. The SMILES string of the molecule is Cc1cscc1C(=O)NCCOc1ccc(N)cc1. The zero-order chi connectivity index (χ0) is 13.7. The number of nitrogens with two attached hydrogens (primary N) is 1. The molecular weight excluding hydrogens is 260 g/mol. The van der Waals surface area contributed by atoms with Gasteiger partial charge >= 0.3 is 0 Å². The number of amides is 1. The second-order valence-corrected chi connectivity index (χ2v) is 4.89. The Bertz CT molecular complexity index is 549. The molecule has 0 aliphatic heterocycles. The monoisotopic (exact) mass is 276 g/mol. The molecule has 100 valence electrons. The summed E-state index contributed by atoms with van der Waals surface area (Å²) in [6.07, 6.45) is 0. The first-order valence-corrected chi connectivity index (χ1v) is 6.90. The van der Waals surface area contributed by atoms with Crippen LogP contribution in [-0.2, 0) is 0 Å². The summed E-state index contributed by atoms with van der Waals surface area (Å²) in [6.45, 7) is 2.83. The molecule has 0 saturated carbocycles. The zero-order valence-corrected chi connectivity index (χ0v) is 11.5. The number of thiophene rings is 1. The minimum Gasteiger partial charge on any atom is -0.492 e. The molecule has 0 saturated heterocycles. The van der Waals surface area contributed by atoms with Crippen molar-refractivity contribution in [1.82, 2.24) is 5.32 Å². The average molecular weight is 276 g/mol. The maximum atomic E-state index is 11.8. The zero-order valence-electron chi connectivity index (χ0n) is 10.7. The van der Waals surface area contributed by atoms with Crippen molar-refractivity contribution < 1.29 is 9.53 Å². The van der Waals surface area contributed by atoms with Gasteiger partial charge in [-0.25, -0.2) is 0 Å². The van der Waals surface area contributed by atoms with Crippen LogP contribution in [0.4, 0.5) is 5.69 Å². The number of nitrogens with one attached hydrogen (secondary N) is 1. The highest BCUT2D eigenvalue weighted by atomic mass is 32.1. The topological polar surface area (TPSA) is 64.3 Å². The van der Waals surface area contributed by atoms with Crippen molar-refractivity contribution in [3.63, 3.8) is 0 Å². The molecule has 0 spiro atoms. The molecule has 1 amide bonds. The maximum absolute atomic E-state index is 11.8. The third-order valence-electron chi connectivity index (χ3n) is 2.64. The van der Waals surface area contributed by atoms with E-state index in [-0.39, 0.29) is 5.91 Å². The van der Waals surface area contributed by atoms with Crippen molar-refractivity contribution in [2.45, 2.75) is 6.92 Å². The van der Waals surface area contributed by atoms with E-state index in [1.807, 2.05) is 17.7 Å². The summed E-state index contributed by atoms with van der Waals surface area (Å²) in [5.41, 5.74) is 8.02. The van der Waals surface area contributed by atoms with Gasteiger partial charge in [0.25, 0.3) is 5.91 Å². The van der Waals surface area contributed by atoms with Gasteiger partial charge in [0.15, 0.2) is 0 Å². The quantitative estimate of drug-likeness (QED) is 0.651. The third-order valence-corrected chi connectivity index (χ3v) is 3.50. The second-order valence-electron chi connectivity index (χ2n) is 4.14. The largest absolute Gasteiger partial charge is 0.492 e. The number of anilines is 1. The lowest BCUT2D eigenvalue weighted by molar-refractivity contribution is 0.0947. The van der Waals surface area contributed by atoms with E-state index in [1.165, 1.54) is 11.3 Å². The predicted molar refractivity (Wildman–Crippen MR) is 77.7 cm³/mol. The Labute approximate surface area is 116 Å². The van der Waals surface area contributed by atoms with Gasteiger partial charge in [-0.3, -0.25) is 4.79 Å². The van der Waals surface area contributed by atoms with Crippen LogP contribution in [0.3, 0.4) is 0 Å². The molecule has 1 aromatic heterocycles. The first kappa shape index (κ1) is 13.4. The van der Waals surface area contributed by atoms with Crippen LogP contribution in [0.15, 0.2) is 35.0 Å². The summed E-state index contributed by atoms with van der Waals surface area (Å²) in [7, 11) is 0. The fourth-order valence-corrected chi connectivity index (χ4v) is 2.41. The van der Waals surface area contributed by atoms with Gasteiger partial charge in [0.1, 0.15) is 12.4 Å². The smallest absolute Gasteiger partial charge is 0.252 e. The molecule has 0 bridgehead atoms. The van der Waals surface area contributed by atoms with E-state index in [9.17, 15) is 4.79 Å². The summed E-state index contributed by atoms with van der Waals surface area (Å²) >= 11 is 1.53. The first-order valence-electron chi connectivity index (χ1n) is 5.96. The molecule has 2 rings (SSSR count). The van der Waals surface area contributed by atoms with E-state index in [1.54, 1.807) is 24.3 Å². The van der Waals surface area contributed by atoms with E-state index >= 15 is 0 Å². The standard InChI is InChI=1S/C14H16N2O2S/c1-10-8-19-9-13(10)14(17)16-6-7-18-12-4-2-11(15)3-5-12/h2-5,8-9H,6-7,15H2,1H3,(H,16,17). The van der Waals surface area contributed by atoms with Crippen molar-refractivity contribution in [2.24, 2.45) is 0 Å². The van der Waals surface area contributed by atoms with Gasteiger partial charge in [-0.05, 0) is 42.1 Å². The van der Waals surface area contributed by atoms with Gasteiger partial charge in [0.2, 0.25) is 0 Å². The van der Waals surface area contributed by atoms with Crippen LogP contribution >= 0.6 is 11.3 Å². The van der Waals surface area contributed by atoms with Crippen LogP contribution in [0, 0.1) is 6.92 Å². The maximum Gasteiger partial charge on any atom is 0.252 e. The summed E-state index contributed by atoms with van der Waals surface area (Å²) in [4.78, 5) is 11.8. The highest BCUT2D eigenvalue weighted by Crippen LogP contribution is 2.14. The minimum atomic E-state index is -0.0559. The minimum absolute atomic E-state index is 0.0559. The van der Waals surface area contributed by atoms with Crippen LogP contribution in [0.5, 0.6) is 5.75 Å². The molecule has 2 aromatic rings. The van der Waals surface area contributed by atoms with Crippen molar-refractivity contribution in [3.05, 3.63) is 46.2 Å². The number of carbonyl (C=O) groups is 1. The van der Waals surface area contributed by atoms with Crippen LogP contribution in [0.1, 0.15) is 15.9 Å². The lowest BCUT2D eigenvalue weighted by atomic mass is 10.2. The number of aryl methyl sites for hydroxylation is 1. The van der Waals surface area contributed by atoms with E-state index in [0.717, 1.165) is 16.9 Å². The van der Waals surface area contributed by atoms with Gasteiger partial charge < -0.3 is 15.8 Å². The normalized spacial score (nSPS) is 10.2. The Morgan fingerprint density at radius 1 is 1.32 bits per heavy atom. The first-order chi connectivity index (χ1) is 9.16. The molecule has 0 aliphatic carbocycles. The molecule has 0 fully saturated rings. The van der Waals surface area contributed by atoms with Crippen molar-refractivity contribution >= 4 is 22.9 Å².